The van der Waals surface area contributed by atoms with E-state index in [1.54, 1.807) is 11.3 Å². The summed E-state index contributed by atoms with van der Waals surface area (Å²) in [5.74, 6) is 1.19. The van der Waals surface area contributed by atoms with Crippen molar-refractivity contribution >= 4 is 34.1 Å². The van der Waals surface area contributed by atoms with Gasteiger partial charge in [0.1, 0.15) is 0 Å². The molecular formula is C23H24N6OS. The summed E-state index contributed by atoms with van der Waals surface area (Å²) in [5, 5.41) is 14.8. The third-order valence-corrected chi connectivity index (χ3v) is 6.53. The Labute approximate surface area is 184 Å². The Bertz CT molecular complexity index is 1200. The first-order valence-electron chi connectivity index (χ1n) is 10.5. The van der Waals surface area contributed by atoms with Crippen molar-refractivity contribution in [2.45, 2.75) is 32.2 Å². The van der Waals surface area contributed by atoms with Gasteiger partial charge in [0, 0.05) is 36.6 Å². The maximum Gasteiger partial charge on any atom is 0.228 e. The molecule has 5 rings (SSSR count). The van der Waals surface area contributed by atoms with Crippen LogP contribution < -0.4 is 5.32 Å². The Morgan fingerprint density at radius 1 is 1.23 bits per heavy atom. The highest BCUT2D eigenvalue weighted by atomic mass is 32.1. The molecule has 1 amide bonds. The highest BCUT2D eigenvalue weighted by Gasteiger charge is 2.28. The van der Waals surface area contributed by atoms with Gasteiger partial charge in [0.15, 0.2) is 11.5 Å². The number of fused-ring (bicyclic) bond motifs is 1. The summed E-state index contributed by atoms with van der Waals surface area (Å²) in [5.41, 5.74) is 3.84. The molecule has 1 aliphatic heterocycles. The van der Waals surface area contributed by atoms with Crippen LogP contribution in [0.25, 0.3) is 11.0 Å². The van der Waals surface area contributed by atoms with Crippen LogP contribution in [0.5, 0.6) is 0 Å². The van der Waals surface area contributed by atoms with Crippen LogP contribution in [-0.2, 0) is 17.8 Å². The molecule has 0 radical (unpaired) electrons. The van der Waals surface area contributed by atoms with Gasteiger partial charge in [-0.25, -0.2) is 9.97 Å². The van der Waals surface area contributed by atoms with Crippen molar-refractivity contribution in [3.63, 3.8) is 0 Å². The standard InChI is InChI=1S/C23H24N6OS/c1-15-25-18(14-31-15)11-21(30)29-10-9-17(13-29)20-8-7-19-22(27-28-23(19)26-20)24-12-16-5-3-2-4-6-16/h2-8,14,17H,9-13H2,1H3,(H2,24,26,27,28). The number of nitrogens with zero attached hydrogens (tertiary/aromatic N) is 4. The number of hydrogen-bond donors (Lipinski definition) is 2. The van der Waals surface area contributed by atoms with Gasteiger partial charge in [0.05, 0.1) is 22.5 Å². The van der Waals surface area contributed by atoms with Crippen LogP contribution >= 0.6 is 11.3 Å². The number of aromatic nitrogens is 4. The van der Waals surface area contributed by atoms with E-state index in [0.29, 0.717) is 19.5 Å². The molecule has 0 spiro atoms. The fourth-order valence-corrected chi connectivity index (χ4v) is 4.66. The molecule has 1 aliphatic rings. The molecule has 158 valence electrons. The van der Waals surface area contributed by atoms with E-state index in [0.717, 1.165) is 46.2 Å². The van der Waals surface area contributed by atoms with Gasteiger partial charge in [-0.2, -0.15) is 5.10 Å². The summed E-state index contributed by atoms with van der Waals surface area (Å²) in [6.07, 6.45) is 1.30. The fourth-order valence-electron chi connectivity index (χ4n) is 4.05. The van der Waals surface area contributed by atoms with E-state index in [2.05, 4.69) is 44.8 Å². The van der Waals surface area contributed by atoms with E-state index in [4.69, 9.17) is 4.98 Å². The van der Waals surface area contributed by atoms with E-state index in [9.17, 15) is 4.79 Å². The molecule has 1 aromatic carbocycles. The normalized spacial score (nSPS) is 16.2. The van der Waals surface area contributed by atoms with E-state index in [1.165, 1.54) is 5.56 Å². The topological polar surface area (TPSA) is 86.8 Å². The minimum Gasteiger partial charge on any atom is -0.364 e. The molecule has 0 saturated carbocycles. The molecule has 4 aromatic rings. The second kappa shape index (κ2) is 8.47. The predicted octanol–water partition coefficient (Wildman–Crippen LogP) is 3.89. The number of amides is 1. The Morgan fingerprint density at radius 3 is 2.90 bits per heavy atom. The van der Waals surface area contributed by atoms with Gasteiger partial charge in [-0.15, -0.1) is 11.3 Å². The van der Waals surface area contributed by atoms with Gasteiger partial charge in [-0.3, -0.25) is 9.89 Å². The number of carbonyl (C=O) groups is 1. The van der Waals surface area contributed by atoms with Crippen LogP contribution in [0.15, 0.2) is 47.8 Å². The number of H-pyrrole nitrogens is 1. The van der Waals surface area contributed by atoms with Crippen LogP contribution in [-0.4, -0.2) is 44.1 Å². The Balaban J connectivity index is 1.24. The van der Waals surface area contributed by atoms with Crippen molar-refractivity contribution in [2.75, 3.05) is 18.4 Å². The first-order chi connectivity index (χ1) is 15.2. The summed E-state index contributed by atoms with van der Waals surface area (Å²) in [4.78, 5) is 23.8. The molecule has 1 unspecified atom stereocenters. The van der Waals surface area contributed by atoms with Crippen molar-refractivity contribution < 1.29 is 4.79 Å². The fraction of sp³-hybridized carbons (Fsp3) is 0.304. The number of pyridine rings is 1. The first kappa shape index (κ1) is 19.7. The van der Waals surface area contributed by atoms with Gasteiger partial charge in [-0.1, -0.05) is 30.3 Å². The third kappa shape index (κ3) is 4.29. The lowest BCUT2D eigenvalue weighted by molar-refractivity contribution is -0.129. The van der Waals surface area contributed by atoms with E-state index in [1.807, 2.05) is 35.4 Å². The molecule has 31 heavy (non-hydrogen) atoms. The van der Waals surface area contributed by atoms with Crippen molar-refractivity contribution in [2.24, 2.45) is 0 Å². The van der Waals surface area contributed by atoms with Crippen LogP contribution in [0.4, 0.5) is 5.82 Å². The summed E-state index contributed by atoms with van der Waals surface area (Å²) in [6, 6.07) is 14.4. The molecule has 3 aromatic heterocycles. The van der Waals surface area contributed by atoms with Crippen LogP contribution in [0.1, 0.15) is 34.3 Å². The first-order valence-corrected chi connectivity index (χ1v) is 11.4. The summed E-state index contributed by atoms with van der Waals surface area (Å²) < 4.78 is 0. The Kier molecular flexibility index (Phi) is 5.38. The van der Waals surface area contributed by atoms with Crippen LogP contribution in [0.3, 0.4) is 0 Å². The number of rotatable bonds is 6. The number of anilines is 1. The van der Waals surface area contributed by atoms with Crippen molar-refractivity contribution in [3.8, 4) is 0 Å². The zero-order valence-corrected chi connectivity index (χ0v) is 18.2. The molecule has 7 nitrogen and oxygen atoms in total. The average molecular weight is 433 g/mol. The quantitative estimate of drug-likeness (QED) is 0.483. The van der Waals surface area contributed by atoms with Gasteiger partial charge in [0.25, 0.3) is 0 Å². The summed E-state index contributed by atoms with van der Waals surface area (Å²) in [7, 11) is 0. The number of nitrogens with one attached hydrogen (secondary N) is 2. The largest absolute Gasteiger partial charge is 0.364 e. The summed E-state index contributed by atoms with van der Waals surface area (Å²) in [6.45, 7) is 4.14. The minimum atomic E-state index is 0.141. The lowest BCUT2D eigenvalue weighted by atomic mass is 10.0. The van der Waals surface area contributed by atoms with Crippen molar-refractivity contribution in [3.05, 3.63) is 69.8 Å². The number of aryl methyl sites for hydroxylation is 1. The number of likely N-dealkylation sites (tertiary alicyclic amines) is 1. The molecule has 1 atom stereocenters. The zero-order chi connectivity index (χ0) is 21.2. The zero-order valence-electron chi connectivity index (χ0n) is 17.3. The molecular weight excluding hydrogens is 408 g/mol. The number of hydrogen-bond acceptors (Lipinski definition) is 6. The lowest BCUT2D eigenvalue weighted by Gasteiger charge is -2.16. The Morgan fingerprint density at radius 2 is 2.10 bits per heavy atom. The van der Waals surface area contributed by atoms with Gasteiger partial charge in [0.2, 0.25) is 5.91 Å². The number of thiazole rings is 1. The SMILES string of the molecule is Cc1nc(CC(=O)N2CCC(c3ccc4c(NCc5ccccc5)n[nH]c4n3)C2)cs1. The van der Waals surface area contributed by atoms with Gasteiger partial charge < -0.3 is 10.2 Å². The smallest absolute Gasteiger partial charge is 0.228 e. The number of carbonyl (C=O) groups excluding carboxylic acids is 1. The lowest BCUT2D eigenvalue weighted by Crippen LogP contribution is -2.30. The molecule has 1 saturated heterocycles. The maximum absolute atomic E-state index is 12.7. The second-order valence-corrected chi connectivity index (χ2v) is 8.97. The highest BCUT2D eigenvalue weighted by molar-refractivity contribution is 7.09. The van der Waals surface area contributed by atoms with E-state index < -0.39 is 0 Å². The second-order valence-electron chi connectivity index (χ2n) is 7.90. The third-order valence-electron chi connectivity index (χ3n) is 5.71. The monoisotopic (exact) mass is 432 g/mol. The van der Waals surface area contributed by atoms with Crippen LogP contribution in [0.2, 0.25) is 0 Å². The number of benzene rings is 1. The number of aromatic amines is 1. The summed E-state index contributed by atoms with van der Waals surface area (Å²) >= 11 is 1.59. The van der Waals surface area contributed by atoms with Gasteiger partial charge >= 0.3 is 0 Å². The van der Waals surface area contributed by atoms with Crippen molar-refractivity contribution in [1.82, 2.24) is 25.1 Å². The minimum absolute atomic E-state index is 0.141. The molecule has 1 fully saturated rings. The Hall–Kier alpha value is -3.26. The van der Waals surface area contributed by atoms with Crippen molar-refractivity contribution in [1.29, 1.82) is 0 Å². The molecule has 0 aliphatic carbocycles. The molecule has 0 bridgehead atoms. The van der Waals surface area contributed by atoms with Gasteiger partial charge in [-0.05, 0) is 31.0 Å². The predicted molar refractivity (Wildman–Crippen MR) is 122 cm³/mol. The highest BCUT2D eigenvalue weighted by Crippen LogP contribution is 2.29. The van der Waals surface area contributed by atoms with E-state index >= 15 is 0 Å². The maximum atomic E-state index is 12.7. The average Bonchev–Trinajstić information content (AvgIpc) is 3.52. The molecule has 2 N–H and O–H groups in total. The van der Waals surface area contributed by atoms with E-state index in [-0.39, 0.29) is 11.8 Å². The molecule has 8 heteroatoms. The van der Waals surface area contributed by atoms with Crippen LogP contribution in [0, 0.1) is 6.92 Å². The molecule has 4 heterocycles.